The zero-order valence-electron chi connectivity index (χ0n) is 22.1. The Kier molecular flexibility index (Phi) is 8.77. The van der Waals surface area contributed by atoms with Crippen molar-refractivity contribution in [1.82, 2.24) is 0 Å². The number of hydrogen-bond acceptors (Lipinski definition) is 16. The SMILES string of the molecule is O=c1c(O[C@H]2O[C@@H](CO)[C@H](O)[C@@H](O)[C@@H]2O)c(-c2ccc(O)cc2)oc2cc(O[C@@H]3O[C@@H](CO)[C@H](O)[C@@H](O)[C@@H]3O)cc(O)c12. The van der Waals surface area contributed by atoms with Gasteiger partial charge in [-0.15, -0.1) is 0 Å². The van der Waals surface area contributed by atoms with Crippen LogP contribution in [0.15, 0.2) is 45.6 Å². The lowest BCUT2D eigenvalue weighted by atomic mass is 9.99. The number of phenolic OH excluding ortho intramolecular Hbond substituents is 2. The van der Waals surface area contributed by atoms with Crippen molar-refractivity contribution in [3.63, 3.8) is 0 Å². The second-order valence-electron chi connectivity index (χ2n) is 10.1. The van der Waals surface area contributed by atoms with Crippen LogP contribution < -0.4 is 14.9 Å². The Hall–Kier alpha value is -3.55. The zero-order chi connectivity index (χ0) is 31.2. The first kappa shape index (κ1) is 30.9. The summed E-state index contributed by atoms with van der Waals surface area (Å²) in [6.07, 6.45) is -16.6. The molecule has 3 heterocycles. The lowest BCUT2D eigenvalue weighted by Gasteiger charge is -2.39. The minimum Gasteiger partial charge on any atom is -0.508 e. The maximum atomic E-state index is 13.7. The zero-order valence-corrected chi connectivity index (χ0v) is 22.1. The topological polar surface area (TPSA) is 269 Å². The van der Waals surface area contributed by atoms with Gasteiger partial charge in [-0.2, -0.15) is 0 Å². The second-order valence-corrected chi connectivity index (χ2v) is 10.1. The van der Waals surface area contributed by atoms with E-state index in [4.69, 9.17) is 23.4 Å². The first-order chi connectivity index (χ1) is 20.4. The molecule has 16 nitrogen and oxygen atoms in total. The Morgan fingerprint density at radius 3 is 1.77 bits per heavy atom. The molecule has 2 aliphatic rings. The summed E-state index contributed by atoms with van der Waals surface area (Å²) in [6, 6.07) is 7.35. The van der Waals surface area contributed by atoms with Crippen molar-refractivity contribution >= 4 is 11.0 Å². The van der Waals surface area contributed by atoms with Gasteiger partial charge in [0.05, 0.1) is 13.2 Å². The fourth-order valence-electron chi connectivity index (χ4n) is 4.82. The predicted molar refractivity (Wildman–Crippen MR) is 140 cm³/mol. The molecule has 0 unspecified atom stereocenters. The molecule has 0 saturated carbocycles. The van der Waals surface area contributed by atoms with Crippen molar-refractivity contribution in [3.05, 3.63) is 46.6 Å². The van der Waals surface area contributed by atoms with Crippen molar-refractivity contribution in [1.29, 1.82) is 0 Å². The van der Waals surface area contributed by atoms with Crippen molar-refractivity contribution < 1.29 is 74.4 Å². The molecule has 0 amide bonds. The Labute approximate surface area is 241 Å². The number of benzene rings is 2. The van der Waals surface area contributed by atoms with Crippen LogP contribution in [0.4, 0.5) is 0 Å². The first-order valence-electron chi connectivity index (χ1n) is 13.0. The van der Waals surface area contributed by atoms with Crippen molar-refractivity contribution in [2.45, 2.75) is 61.4 Å². The molecule has 1 aromatic heterocycles. The van der Waals surface area contributed by atoms with Gasteiger partial charge >= 0.3 is 0 Å². The molecule has 2 fully saturated rings. The van der Waals surface area contributed by atoms with Crippen LogP contribution in [0, 0.1) is 0 Å². The molecule has 3 aromatic rings. The summed E-state index contributed by atoms with van der Waals surface area (Å²) in [7, 11) is 0. The summed E-state index contributed by atoms with van der Waals surface area (Å²) in [4.78, 5) is 13.7. The van der Waals surface area contributed by atoms with E-state index < -0.39 is 96.9 Å². The number of aromatic hydroxyl groups is 2. The van der Waals surface area contributed by atoms with E-state index in [-0.39, 0.29) is 28.4 Å². The van der Waals surface area contributed by atoms with Crippen LogP contribution in [0.5, 0.6) is 23.0 Å². The fourth-order valence-corrected chi connectivity index (χ4v) is 4.82. The van der Waals surface area contributed by atoms with Crippen LogP contribution in [-0.4, -0.2) is 126 Å². The largest absolute Gasteiger partial charge is 0.508 e. The Morgan fingerprint density at radius 1 is 0.698 bits per heavy atom. The maximum Gasteiger partial charge on any atom is 0.239 e. The average molecular weight is 611 g/mol. The van der Waals surface area contributed by atoms with Gasteiger partial charge in [-0.1, -0.05) is 0 Å². The summed E-state index contributed by atoms with van der Waals surface area (Å²) in [6.45, 7) is -1.48. The molecule has 0 bridgehead atoms. The summed E-state index contributed by atoms with van der Waals surface area (Å²) >= 11 is 0. The molecule has 10 atom stereocenters. The van der Waals surface area contributed by atoms with Gasteiger partial charge in [0.1, 0.15) is 77.0 Å². The molecule has 234 valence electrons. The van der Waals surface area contributed by atoms with Gasteiger partial charge < -0.3 is 74.4 Å². The van der Waals surface area contributed by atoms with Gasteiger partial charge in [0.2, 0.25) is 23.8 Å². The maximum absolute atomic E-state index is 13.7. The predicted octanol–water partition coefficient (Wildman–Crippen LogP) is -2.77. The molecule has 2 aliphatic heterocycles. The van der Waals surface area contributed by atoms with Crippen LogP contribution in [0.3, 0.4) is 0 Å². The van der Waals surface area contributed by atoms with Gasteiger partial charge in [-0.05, 0) is 24.3 Å². The minimum absolute atomic E-state index is 0.129. The average Bonchev–Trinajstić information content (AvgIpc) is 2.98. The van der Waals surface area contributed by atoms with E-state index in [1.807, 2.05) is 0 Å². The normalized spacial score (nSPS) is 32.9. The van der Waals surface area contributed by atoms with Crippen LogP contribution in [-0.2, 0) is 9.47 Å². The summed E-state index contributed by atoms with van der Waals surface area (Å²) in [5, 5.41) is 100. The van der Waals surface area contributed by atoms with Crippen LogP contribution in [0.2, 0.25) is 0 Å². The van der Waals surface area contributed by atoms with Crippen LogP contribution in [0.1, 0.15) is 0 Å². The summed E-state index contributed by atoms with van der Waals surface area (Å²) in [5.41, 5.74) is -1.11. The Morgan fingerprint density at radius 2 is 1.23 bits per heavy atom. The second kappa shape index (κ2) is 12.2. The van der Waals surface area contributed by atoms with E-state index in [2.05, 4.69) is 0 Å². The van der Waals surface area contributed by atoms with Crippen LogP contribution in [0.25, 0.3) is 22.3 Å². The Bertz CT molecular complexity index is 1490. The molecule has 2 aromatic carbocycles. The van der Waals surface area contributed by atoms with Crippen molar-refractivity contribution in [3.8, 4) is 34.3 Å². The van der Waals surface area contributed by atoms with Gasteiger partial charge in [0.25, 0.3) is 0 Å². The van der Waals surface area contributed by atoms with E-state index in [0.29, 0.717) is 0 Å². The van der Waals surface area contributed by atoms with Gasteiger partial charge in [0, 0.05) is 17.7 Å². The summed E-state index contributed by atoms with van der Waals surface area (Å²) < 4.78 is 27.8. The monoisotopic (exact) mass is 610 g/mol. The molecule has 43 heavy (non-hydrogen) atoms. The minimum atomic E-state index is -1.89. The van der Waals surface area contributed by atoms with Gasteiger partial charge in [0.15, 0.2) is 5.76 Å². The highest BCUT2D eigenvalue weighted by atomic mass is 16.7. The number of phenols is 2. The third-order valence-electron chi connectivity index (χ3n) is 7.22. The number of aliphatic hydroxyl groups excluding tert-OH is 8. The van der Waals surface area contributed by atoms with Crippen LogP contribution >= 0.6 is 0 Å². The molecule has 0 radical (unpaired) electrons. The standard InChI is InChI=1S/C27H30O16/c28-7-14-17(32)20(35)22(37)26(41-14)39-11-5-12(31)16-13(6-11)40-24(9-1-3-10(30)4-2-9)25(19(16)34)43-27-23(38)21(36)18(33)15(8-29)42-27/h1-6,14-15,17-18,20-23,26-33,35-38H,7-8H2/t14-,15-,17-,18-,20+,21+,22-,23-,26+,27+/m0/s1. The van der Waals surface area contributed by atoms with Crippen molar-refractivity contribution in [2.24, 2.45) is 0 Å². The van der Waals surface area contributed by atoms with E-state index in [1.165, 1.54) is 24.3 Å². The number of ether oxygens (including phenoxy) is 4. The number of aliphatic hydroxyl groups is 8. The van der Waals surface area contributed by atoms with Crippen molar-refractivity contribution in [2.75, 3.05) is 13.2 Å². The molecule has 0 spiro atoms. The van der Waals surface area contributed by atoms with E-state index in [1.54, 1.807) is 0 Å². The lowest BCUT2D eigenvalue weighted by molar-refractivity contribution is -0.277. The molecular formula is C27H30O16. The quantitative estimate of drug-likeness (QED) is 0.130. The molecular weight excluding hydrogens is 580 g/mol. The number of fused-ring (bicyclic) bond motifs is 1. The lowest BCUT2D eigenvalue weighted by Crippen LogP contribution is -2.60. The highest BCUT2D eigenvalue weighted by Crippen LogP contribution is 2.38. The molecule has 10 N–H and O–H groups in total. The van der Waals surface area contributed by atoms with Gasteiger partial charge in [-0.25, -0.2) is 0 Å². The Balaban J connectivity index is 1.58. The van der Waals surface area contributed by atoms with E-state index in [9.17, 15) is 55.9 Å². The first-order valence-corrected chi connectivity index (χ1v) is 13.0. The van der Waals surface area contributed by atoms with E-state index in [0.717, 1.165) is 12.1 Å². The fraction of sp³-hybridized carbons (Fsp3) is 0.444. The highest BCUT2D eigenvalue weighted by molar-refractivity contribution is 5.88. The smallest absolute Gasteiger partial charge is 0.239 e. The number of hydrogen-bond donors (Lipinski definition) is 10. The summed E-state index contributed by atoms with van der Waals surface area (Å²) in [5.74, 6) is -1.96. The molecule has 16 heteroatoms. The van der Waals surface area contributed by atoms with Gasteiger partial charge in [-0.3, -0.25) is 4.79 Å². The number of rotatable bonds is 7. The third kappa shape index (κ3) is 5.73. The highest BCUT2D eigenvalue weighted by Gasteiger charge is 2.46. The molecule has 5 rings (SSSR count). The van der Waals surface area contributed by atoms with E-state index >= 15 is 0 Å². The third-order valence-corrected chi connectivity index (χ3v) is 7.22. The molecule has 0 aliphatic carbocycles. The molecule has 2 saturated heterocycles.